The molecule has 0 bridgehead atoms. The van der Waals surface area contributed by atoms with Gasteiger partial charge in [-0.3, -0.25) is 0 Å². The lowest BCUT2D eigenvalue weighted by atomic mass is 10.1. The molecule has 0 rings (SSSR count). The Morgan fingerprint density at radius 1 is 1.42 bits per heavy atom. The zero-order valence-corrected chi connectivity index (χ0v) is 8.69. The predicted molar refractivity (Wildman–Crippen MR) is 51.2 cm³/mol. The fourth-order valence-corrected chi connectivity index (χ4v) is 0.703. The normalized spacial score (nSPS) is 13.8. The molecule has 0 radical (unpaired) electrons. The second kappa shape index (κ2) is 4.33. The summed E-state index contributed by atoms with van der Waals surface area (Å²) in [6, 6.07) is 0.157. The van der Waals surface area contributed by atoms with Crippen molar-refractivity contribution in [1.29, 1.82) is 0 Å². The SMILES string of the molecule is CCC(C)NC(=O)NC(C)(C)C. The van der Waals surface area contributed by atoms with Gasteiger partial charge in [0.1, 0.15) is 0 Å². The van der Waals surface area contributed by atoms with E-state index >= 15 is 0 Å². The first-order chi connectivity index (χ1) is 5.35. The summed E-state index contributed by atoms with van der Waals surface area (Å²) in [4.78, 5) is 11.2. The maximum absolute atomic E-state index is 11.2. The number of carbonyl (C=O) groups excluding carboxylic acids is 1. The third-order valence-corrected chi connectivity index (χ3v) is 1.48. The molecule has 0 fully saturated rings. The van der Waals surface area contributed by atoms with Crippen molar-refractivity contribution in [2.24, 2.45) is 0 Å². The van der Waals surface area contributed by atoms with Gasteiger partial charge in [-0.25, -0.2) is 4.79 Å². The van der Waals surface area contributed by atoms with Crippen molar-refractivity contribution in [1.82, 2.24) is 10.6 Å². The Morgan fingerprint density at radius 2 is 1.92 bits per heavy atom. The highest BCUT2D eigenvalue weighted by Crippen LogP contribution is 1.98. The van der Waals surface area contributed by atoms with E-state index in [4.69, 9.17) is 0 Å². The van der Waals surface area contributed by atoms with E-state index < -0.39 is 0 Å². The number of hydrogen-bond acceptors (Lipinski definition) is 1. The molecule has 0 aliphatic rings. The van der Waals surface area contributed by atoms with E-state index in [0.717, 1.165) is 6.42 Å². The molecule has 0 saturated heterocycles. The van der Waals surface area contributed by atoms with E-state index in [1.165, 1.54) is 0 Å². The van der Waals surface area contributed by atoms with Crippen LogP contribution in [0, 0.1) is 0 Å². The van der Waals surface area contributed by atoms with Crippen LogP contribution in [0.1, 0.15) is 41.0 Å². The molecule has 3 heteroatoms. The molecule has 0 aliphatic carbocycles. The highest BCUT2D eigenvalue weighted by Gasteiger charge is 2.13. The van der Waals surface area contributed by atoms with Crippen LogP contribution >= 0.6 is 0 Å². The van der Waals surface area contributed by atoms with Gasteiger partial charge in [-0.2, -0.15) is 0 Å². The number of carbonyl (C=O) groups is 1. The summed E-state index contributed by atoms with van der Waals surface area (Å²) in [5, 5.41) is 5.67. The number of hydrogen-bond donors (Lipinski definition) is 2. The molecular formula is C9H20N2O. The van der Waals surface area contributed by atoms with E-state index in [9.17, 15) is 4.79 Å². The highest BCUT2D eigenvalue weighted by atomic mass is 16.2. The summed E-state index contributed by atoms with van der Waals surface area (Å²) in [5.41, 5.74) is -0.155. The van der Waals surface area contributed by atoms with Gasteiger partial charge in [0.15, 0.2) is 0 Å². The van der Waals surface area contributed by atoms with Crippen molar-refractivity contribution in [2.75, 3.05) is 0 Å². The van der Waals surface area contributed by atoms with Gasteiger partial charge in [-0.05, 0) is 34.1 Å². The summed E-state index contributed by atoms with van der Waals surface area (Å²) in [6.45, 7) is 9.92. The van der Waals surface area contributed by atoms with Crippen molar-refractivity contribution in [2.45, 2.75) is 52.6 Å². The summed E-state index contributed by atoms with van der Waals surface area (Å²) >= 11 is 0. The van der Waals surface area contributed by atoms with Gasteiger partial charge in [0.25, 0.3) is 0 Å². The second-order valence-electron chi connectivity index (χ2n) is 4.16. The van der Waals surface area contributed by atoms with Crippen molar-refractivity contribution in [3.05, 3.63) is 0 Å². The number of urea groups is 1. The van der Waals surface area contributed by atoms with Gasteiger partial charge in [-0.15, -0.1) is 0 Å². The Balaban J connectivity index is 3.75. The van der Waals surface area contributed by atoms with Crippen LogP contribution in [0.4, 0.5) is 4.79 Å². The van der Waals surface area contributed by atoms with Gasteiger partial charge in [0, 0.05) is 11.6 Å². The summed E-state index contributed by atoms with van der Waals surface area (Å²) < 4.78 is 0. The third-order valence-electron chi connectivity index (χ3n) is 1.48. The Bertz CT molecular complexity index is 149. The van der Waals surface area contributed by atoms with Crippen LogP contribution in [0.25, 0.3) is 0 Å². The number of rotatable bonds is 2. The summed E-state index contributed by atoms with van der Waals surface area (Å²) in [6.07, 6.45) is 0.956. The fraction of sp³-hybridized carbons (Fsp3) is 0.889. The van der Waals surface area contributed by atoms with Gasteiger partial charge in [0.2, 0.25) is 0 Å². The third kappa shape index (κ3) is 6.01. The first-order valence-electron chi connectivity index (χ1n) is 4.44. The van der Waals surface area contributed by atoms with Gasteiger partial charge in [-0.1, -0.05) is 6.92 Å². The molecule has 0 heterocycles. The lowest BCUT2D eigenvalue weighted by Crippen LogP contribution is -2.48. The van der Waals surface area contributed by atoms with E-state index in [2.05, 4.69) is 10.6 Å². The highest BCUT2D eigenvalue weighted by molar-refractivity contribution is 5.74. The Labute approximate surface area is 74.9 Å². The molecule has 1 unspecified atom stereocenters. The van der Waals surface area contributed by atoms with Crippen LogP contribution in [0.2, 0.25) is 0 Å². The topological polar surface area (TPSA) is 41.1 Å². The molecule has 1 atom stereocenters. The van der Waals surface area contributed by atoms with Gasteiger partial charge >= 0.3 is 6.03 Å². The molecular weight excluding hydrogens is 152 g/mol. The lowest BCUT2D eigenvalue weighted by Gasteiger charge is -2.22. The van der Waals surface area contributed by atoms with Crippen LogP contribution < -0.4 is 10.6 Å². The zero-order chi connectivity index (χ0) is 9.78. The van der Waals surface area contributed by atoms with E-state index in [0.29, 0.717) is 0 Å². The molecule has 0 aromatic heterocycles. The summed E-state index contributed by atoms with van der Waals surface area (Å²) in [5.74, 6) is 0. The van der Waals surface area contributed by atoms with Crippen LogP contribution in [0.5, 0.6) is 0 Å². The zero-order valence-electron chi connectivity index (χ0n) is 8.69. The Kier molecular flexibility index (Phi) is 4.07. The molecule has 3 nitrogen and oxygen atoms in total. The van der Waals surface area contributed by atoms with Crippen LogP contribution in [0.15, 0.2) is 0 Å². The van der Waals surface area contributed by atoms with E-state index in [-0.39, 0.29) is 17.6 Å². The minimum Gasteiger partial charge on any atom is -0.336 e. The maximum Gasteiger partial charge on any atom is 0.315 e. The largest absolute Gasteiger partial charge is 0.336 e. The quantitative estimate of drug-likeness (QED) is 0.656. The minimum absolute atomic E-state index is 0.0862. The average Bonchev–Trinajstić information content (AvgIpc) is 1.82. The maximum atomic E-state index is 11.2. The Morgan fingerprint density at radius 3 is 2.25 bits per heavy atom. The van der Waals surface area contributed by atoms with Crippen molar-refractivity contribution < 1.29 is 4.79 Å². The molecule has 12 heavy (non-hydrogen) atoms. The lowest BCUT2D eigenvalue weighted by molar-refractivity contribution is 0.228. The molecule has 0 aromatic rings. The van der Waals surface area contributed by atoms with E-state index in [1.54, 1.807) is 0 Å². The van der Waals surface area contributed by atoms with Crippen molar-refractivity contribution >= 4 is 6.03 Å². The molecule has 72 valence electrons. The number of amides is 2. The first kappa shape index (κ1) is 11.3. The molecule has 0 aromatic carbocycles. The standard InChI is InChI=1S/C9H20N2O/c1-6-7(2)10-8(12)11-9(3,4)5/h7H,6H2,1-5H3,(H2,10,11,12). The second-order valence-corrected chi connectivity index (χ2v) is 4.16. The van der Waals surface area contributed by atoms with Crippen LogP contribution in [-0.4, -0.2) is 17.6 Å². The molecule has 2 amide bonds. The van der Waals surface area contributed by atoms with Gasteiger partial charge < -0.3 is 10.6 Å². The van der Waals surface area contributed by atoms with Crippen LogP contribution in [-0.2, 0) is 0 Å². The molecule has 2 N–H and O–H groups in total. The predicted octanol–water partition coefficient (Wildman–Crippen LogP) is 1.88. The first-order valence-corrected chi connectivity index (χ1v) is 4.44. The minimum atomic E-state index is -0.155. The smallest absolute Gasteiger partial charge is 0.315 e. The number of nitrogens with one attached hydrogen (secondary N) is 2. The monoisotopic (exact) mass is 172 g/mol. The van der Waals surface area contributed by atoms with Crippen LogP contribution in [0.3, 0.4) is 0 Å². The van der Waals surface area contributed by atoms with Crippen molar-refractivity contribution in [3.63, 3.8) is 0 Å². The Hall–Kier alpha value is -0.730. The average molecular weight is 172 g/mol. The van der Waals surface area contributed by atoms with E-state index in [1.807, 2.05) is 34.6 Å². The molecule has 0 saturated carbocycles. The fourth-order valence-electron chi connectivity index (χ4n) is 0.703. The molecule has 0 aliphatic heterocycles. The summed E-state index contributed by atoms with van der Waals surface area (Å²) in [7, 11) is 0. The molecule has 0 spiro atoms. The van der Waals surface area contributed by atoms with Gasteiger partial charge in [0.05, 0.1) is 0 Å². The van der Waals surface area contributed by atoms with Crippen molar-refractivity contribution in [3.8, 4) is 0 Å².